The Bertz CT molecular complexity index is 658. The molecule has 0 aliphatic rings. The first-order valence-corrected chi connectivity index (χ1v) is 6.99. The van der Waals surface area contributed by atoms with Crippen LogP contribution in [0.1, 0.15) is 11.1 Å². The molecule has 0 fully saturated rings. The molecule has 2 aromatic carbocycles. The highest BCUT2D eigenvalue weighted by Crippen LogP contribution is 2.34. The van der Waals surface area contributed by atoms with Crippen LogP contribution in [0, 0.1) is 5.82 Å². The van der Waals surface area contributed by atoms with Gasteiger partial charge in [-0.3, -0.25) is 0 Å². The maximum atomic E-state index is 13.0. The second kappa shape index (κ2) is 6.23. The molecule has 0 unspecified atom stereocenters. The first kappa shape index (κ1) is 16.1. The van der Waals surface area contributed by atoms with Gasteiger partial charge >= 0.3 is 6.18 Å². The van der Waals surface area contributed by atoms with Crippen molar-refractivity contribution in [1.29, 1.82) is 0 Å². The lowest BCUT2D eigenvalue weighted by Crippen LogP contribution is -2.07. The highest BCUT2D eigenvalue weighted by Gasteiger charge is 2.30. The molecule has 0 heterocycles. The molecule has 7 heteroatoms. The van der Waals surface area contributed by atoms with Crippen LogP contribution in [0.3, 0.4) is 0 Å². The maximum Gasteiger partial charge on any atom is 0.416 e. The minimum Gasteiger partial charge on any atom is -0.380 e. The van der Waals surface area contributed by atoms with Crippen LogP contribution >= 0.6 is 27.5 Å². The van der Waals surface area contributed by atoms with Gasteiger partial charge in [0.2, 0.25) is 0 Å². The van der Waals surface area contributed by atoms with E-state index in [1.807, 2.05) is 0 Å². The van der Waals surface area contributed by atoms with Gasteiger partial charge in [-0.05, 0) is 35.9 Å². The molecule has 2 rings (SSSR count). The molecule has 1 nitrogen and oxygen atoms in total. The summed E-state index contributed by atoms with van der Waals surface area (Å²) in [6.45, 7) is 0.210. The molecule has 0 atom stereocenters. The van der Waals surface area contributed by atoms with Gasteiger partial charge in [-0.25, -0.2) is 4.39 Å². The summed E-state index contributed by atoms with van der Waals surface area (Å²) in [7, 11) is 0. The second-order valence-corrected chi connectivity index (χ2v) is 5.54. The summed E-state index contributed by atoms with van der Waals surface area (Å²) in [5, 5.41) is 3.00. The number of nitrogens with one attached hydrogen (secondary N) is 1. The van der Waals surface area contributed by atoms with E-state index in [2.05, 4.69) is 21.2 Å². The first-order chi connectivity index (χ1) is 9.77. The highest BCUT2D eigenvalue weighted by molar-refractivity contribution is 9.10. The largest absolute Gasteiger partial charge is 0.416 e. The van der Waals surface area contributed by atoms with E-state index in [0.29, 0.717) is 10.0 Å². The molecule has 112 valence electrons. The average molecular weight is 383 g/mol. The molecule has 0 aromatic heterocycles. The van der Waals surface area contributed by atoms with Crippen molar-refractivity contribution in [3.63, 3.8) is 0 Å². The number of rotatable bonds is 3. The standard InChI is InChI=1S/C14H9BrClF4N/c15-11-6-10(17)3-1-8(11)7-21-13-5-9(14(18,19)20)2-4-12(13)16/h1-6,21H,7H2. The van der Waals surface area contributed by atoms with Crippen LogP contribution in [-0.4, -0.2) is 0 Å². The highest BCUT2D eigenvalue weighted by atomic mass is 79.9. The van der Waals surface area contributed by atoms with Crippen LogP contribution in [0.4, 0.5) is 23.2 Å². The number of halogens is 6. The zero-order valence-corrected chi connectivity index (χ0v) is 12.8. The third-order valence-electron chi connectivity index (χ3n) is 2.78. The van der Waals surface area contributed by atoms with E-state index in [9.17, 15) is 17.6 Å². The molecular formula is C14H9BrClF4N. The molecule has 0 saturated heterocycles. The van der Waals surface area contributed by atoms with Crippen molar-refractivity contribution in [3.05, 3.63) is 62.8 Å². The van der Waals surface area contributed by atoms with E-state index in [1.54, 1.807) is 0 Å². The zero-order valence-electron chi connectivity index (χ0n) is 10.4. The van der Waals surface area contributed by atoms with Gasteiger partial charge in [-0.1, -0.05) is 33.6 Å². The maximum absolute atomic E-state index is 13.0. The van der Waals surface area contributed by atoms with Crippen molar-refractivity contribution in [1.82, 2.24) is 0 Å². The van der Waals surface area contributed by atoms with Crippen molar-refractivity contribution >= 4 is 33.2 Å². The fourth-order valence-corrected chi connectivity index (χ4v) is 2.37. The summed E-state index contributed by atoms with van der Waals surface area (Å²) < 4.78 is 51.4. The van der Waals surface area contributed by atoms with Gasteiger partial charge in [0.05, 0.1) is 16.3 Å². The number of hydrogen-bond donors (Lipinski definition) is 1. The molecule has 1 N–H and O–H groups in total. The Morgan fingerprint density at radius 1 is 1.10 bits per heavy atom. The minimum atomic E-state index is -4.43. The Labute approximate surface area is 132 Å². The van der Waals surface area contributed by atoms with Gasteiger partial charge < -0.3 is 5.32 Å². The number of hydrogen-bond acceptors (Lipinski definition) is 1. The minimum absolute atomic E-state index is 0.169. The molecule has 2 aromatic rings. The van der Waals surface area contributed by atoms with Crippen LogP contribution in [0.25, 0.3) is 0 Å². The van der Waals surface area contributed by atoms with Crippen molar-refractivity contribution in [2.45, 2.75) is 12.7 Å². The Balaban J connectivity index is 2.19. The van der Waals surface area contributed by atoms with Crippen molar-refractivity contribution in [3.8, 4) is 0 Å². The van der Waals surface area contributed by atoms with Gasteiger partial charge in [0.15, 0.2) is 0 Å². The summed E-state index contributed by atoms with van der Waals surface area (Å²) in [6, 6.07) is 7.14. The molecule has 0 amide bonds. The first-order valence-electron chi connectivity index (χ1n) is 5.82. The summed E-state index contributed by atoms with van der Waals surface area (Å²) in [5.74, 6) is -0.400. The van der Waals surface area contributed by atoms with Crippen LogP contribution in [0.2, 0.25) is 5.02 Å². The summed E-state index contributed by atoms with van der Waals surface area (Å²) in [6.07, 6.45) is -4.43. The smallest absolute Gasteiger partial charge is 0.380 e. The third kappa shape index (κ3) is 4.11. The van der Waals surface area contributed by atoms with Crippen molar-refractivity contribution in [2.75, 3.05) is 5.32 Å². The molecule has 0 saturated carbocycles. The summed E-state index contributed by atoms with van der Waals surface area (Å²) in [4.78, 5) is 0. The molecule has 0 bridgehead atoms. The Kier molecular flexibility index (Phi) is 4.78. The topological polar surface area (TPSA) is 12.0 Å². The van der Waals surface area contributed by atoms with Gasteiger partial charge in [-0.2, -0.15) is 13.2 Å². The van der Waals surface area contributed by atoms with Crippen LogP contribution in [0.5, 0.6) is 0 Å². The second-order valence-electron chi connectivity index (χ2n) is 4.28. The van der Waals surface area contributed by atoms with E-state index in [1.165, 1.54) is 24.3 Å². The molecule has 0 spiro atoms. The van der Waals surface area contributed by atoms with E-state index < -0.39 is 17.6 Å². The van der Waals surface area contributed by atoms with Crippen LogP contribution < -0.4 is 5.32 Å². The Morgan fingerprint density at radius 3 is 2.43 bits per heavy atom. The predicted molar refractivity (Wildman–Crippen MR) is 77.9 cm³/mol. The molecule has 0 aliphatic carbocycles. The summed E-state index contributed by atoms with van der Waals surface area (Å²) >= 11 is 9.07. The van der Waals surface area contributed by atoms with Crippen molar-refractivity contribution < 1.29 is 17.6 Å². The van der Waals surface area contributed by atoms with Gasteiger partial charge in [0, 0.05) is 11.0 Å². The predicted octanol–water partition coefficient (Wildman–Crippen LogP) is 5.87. The third-order valence-corrected chi connectivity index (χ3v) is 3.85. The number of alkyl halides is 3. The number of benzene rings is 2. The molecule has 0 aliphatic heterocycles. The fourth-order valence-electron chi connectivity index (χ4n) is 1.69. The lowest BCUT2D eigenvalue weighted by molar-refractivity contribution is -0.137. The van der Waals surface area contributed by atoms with E-state index >= 15 is 0 Å². The molecular weight excluding hydrogens is 374 g/mol. The molecule has 21 heavy (non-hydrogen) atoms. The monoisotopic (exact) mass is 381 g/mol. The zero-order chi connectivity index (χ0) is 15.6. The SMILES string of the molecule is Fc1ccc(CNc2cc(C(F)(F)F)ccc2Cl)c(Br)c1. The Hall–Kier alpha value is -1.27. The van der Waals surface area contributed by atoms with E-state index in [0.717, 1.165) is 12.1 Å². The number of anilines is 1. The normalized spacial score (nSPS) is 11.5. The van der Waals surface area contributed by atoms with Crippen molar-refractivity contribution in [2.24, 2.45) is 0 Å². The Morgan fingerprint density at radius 2 is 1.81 bits per heavy atom. The van der Waals surface area contributed by atoms with Gasteiger partial charge in [0.1, 0.15) is 5.82 Å². The fraction of sp³-hybridized carbons (Fsp3) is 0.143. The summed E-state index contributed by atoms with van der Waals surface area (Å²) in [5.41, 5.74) is 0.0835. The van der Waals surface area contributed by atoms with E-state index in [-0.39, 0.29) is 17.3 Å². The lowest BCUT2D eigenvalue weighted by atomic mass is 10.1. The quantitative estimate of drug-likeness (QED) is 0.654. The van der Waals surface area contributed by atoms with Gasteiger partial charge in [-0.15, -0.1) is 0 Å². The van der Waals surface area contributed by atoms with E-state index in [4.69, 9.17) is 11.6 Å². The van der Waals surface area contributed by atoms with Gasteiger partial charge in [0.25, 0.3) is 0 Å². The molecule has 0 radical (unpaired) electrons. The van der Waals surface area contributed by atoms with Crippen LogP contribution in [-0.2, 0) is 12.7 Å². The average Bonchev–Trinajstić information content (AvgIpc) is 2.38. The lowest BCUT2D eigenvalue weighted by Gasteiger charge is -2.13. The van der Waals surface area contributed by atoms with Crippen LogP contribution in [0.15, 0.2) is 40.9 Å².